The molecule has 108 valence electrons. The van der Waals surface area contributed by atoms with Crippen molar-refractivity contribution >= 4 is 0 Å². The minimum absolute atomic E-state index is 0.299. The zero-order valence-corrected chi connectivity index (χ0v) is 13.2. The Kier molecular flexibility index (Phi) is 4.61. The Labute approximate surface area is 122 Å². The maximum absolute atomic E-state index is 4.56. The van der Waals surface area contributed by atoms with Crippen molar-refractivity contribution in [1.29, 1.82) is 0 Å². The highest BCUT2D eigenvalue weighted by Crippen LogP contribution is 2.23. The minimum Gasteiger partial charge on any atom is -0.311 e. The van der Waals surface area contributed by atoms with E-state index in [9.17, 15) is 0 Å². The van der Waals surface area contributed by atoms with Gasteiger partial charge in [-0.05, 0) is 56.5 Å². The molecular formula is C17H25N3. The highest BCUT2D eigenvalue weighted by molar-refractivity contribution is 5.35. The second kappa shape index (κ2) is 6.23. The van der Waals surface area contributed by atoms with Crippen LogP contribution in [0.2, 0.25) is 0 Å². The second-order valence-electron chi connectivity index (χ2n) is 5.45. The number of benzene rings is 1. The molecule has 0 bridgehead atoms. The molecule has 0 aliphatic heterocycles. The number of nitrogens with one attached hydrogen (secondary N) is 1. The summed E-state index contributed by atoms with van der Waals surface area (Å²) >= 11 is 0. The lowest BCUT2D eigenvalue weighted by molar-refractivity contribution is 0.535. The molecule has 0 saturated heterocycles. The first kappa shape index (κ1) is 14.8. The van der Waals surface area contributed by atoms with Gasteiger partial charge in [0.2, 0.25) is 0 Å². The molecule has 1 N–H and O–H groups in total. The van der Waals surface area contributed by atoms with E-state index in [1.165, 1.54) is 22.4 Å². The fourth-order valence-electron chi connectivity index (χ4n) is 2.77. The zero-order valence-electron chi connectivity index (χ0n) is 13.2. The monoisotopic (exact) mass is 271 g/mol. The van der Waals surface area contributed by atoms with Crippen LogP contribution in [0, 0.1) is 13.8 Å². The van der Waals surface area contributed by atoms with Crippen molar-refractivity contribution in [3.05, 3.63) is 52.3 Å². The summed E-state index contributed by atoms with van der Waals surface area (Å²) < 4.78 is 2.01. The fraction of sp³-hybridized carbons (Fsp3) is 0.471. The van der Waals surface area contributed by atoms with Crippen LogP contribution in [0.25, 0.3) is 0 Å². The Hall–Kier alpha value is -1.61. The number of hydrogen-bond donors (Lipinski definition) is 1. The first-order chi connectivity index (χ1) is 9.56. The Morgan fingerprint density at radius 3 is 2.40 bits per heavy atom. The van der Waals surface area contributed by atoms with Gasteiger partial charge in [-0.25, -0.2) is 0 Å². The van der Waals surface area contributed by atoms with Crippen LogP contribution in [-0.4, -0.2) is 16.8 Å². The van der Waals surface area contributed by atoms with Crippen molar-refractivity contribution in [3.8, 4) is 0 Å². The van der Waals surface area contributed by atoms with Gasteiger partial charge in [-0.3, -0.25) is 4.68 Å². The zero-order chi connectivity index (χ0) is 14.7. The number of nitrogens with zero attached hydrogens (tertiary/aromatic N) is 2. The van der Waals surface area contributed by atoms with Crippen LogP contribution in [-0.2, 0) is 19.9 Å². The Morgan fingerprint density at radius 2 is 1.90 bits per heavy atom. The van der Waals surface area contributed by atoms with Crippen LogP contribution >= 0.6 is 0 Å². The molecule has 2 rings (SSSR count). The Morgan fingerprint density at radius 1 is 1.25 bits per heavy atom. The summed E-state index contributed by atoms with van der Waals surface area (Å²) in [6, 6.07) is 9.02. The van der Waals surface area contributed by atoms with E-state index in [1.54, 1.807) is 0 Å². The lowest BCUT2D eigenvalue weighted by atomic mass is 9.95. The molecule has 20 heavy (non-hydrogen) atoms. The first-order valence-electron chi connectivity index (χ1n) is 7.32. The van der Waals surface area contributed by atoms with Gasteiger partial charge in [-0.15, -0.1) is 0 Å². The van der Waals surface area contributed by atoms with Crippen LogP contribution in [0.3, 0.4) is 0 Å². The maximum Gasteiger partial charge on any atom is 0.0625 e. The van der Waals surface area contributed by atoms with Gasteiger partial charge in [-0.1, -0.05) is 25.1 Å². The molecule has 1 aromatic heterocycles. The molecule has 3 nitrogen and oxygen atoms in total. The predicted octanol–water partition coefficient (Wildman–Crippen LogP) is 3.10. The summed E-state index contributed by atoms with van der Waals surface area (Å²) in [5.74, 6) is 0. The van der Waals surface area contributed by atoms with E-state index in [2.05, 4.69) is 55.5 Å². The quantitative estimate of drug-likeness (QED) is 0.905. The standard InChI is InChI=1S/C17H25N3/c1-6-14-10-17(20(5)19-14)16(18-4)11-15-12(2)8-7-9-13(15)3/h7-10,16,18H,6,11H2,1-5H3. The molecule has 0 radical (unpaired) electrons. The molecule has 0 saturated carbocycles. The summed E-state index contributed by atoms with van der Waals surface area (Å²) in [6.45, 7) is 6.53. The van der Waals surface area contributed by atoms with E-state index in [1.807, 2.05) is 18.8 Å². The molecule has 2 aromatic rings. The highest BCUT2D eigenvalue weighted by Gasteiger charge is 2.17. The van der Waals surface area contributed by atoms with Crippen LogP contribution < -0.4 is 5.32 Å². The molecular weight excluding hydrogens is 246 g/mol. The first-order valence-corrected chi connectivity index (χ1v) is 7.32. The van der Waals surface area contributed by atoms with Gasteiger partial charge in [0.25, 0.3) is 0 Å². The molecule has 0 aliphatic rings. The van der Waals surface area contributed by atoms with Gasteiger partial charge in [0.05, 0.1) is 17.4 Å². The van der Waals surface area contributed by atoms with E-state index in [4.69, 9.17) is 0 Å². The molecule has 0 aliphatic carbocycles. The van der Waals surface area contributed by atoms with Gasteiger partial charge >= 0.3 is 0 Å². The minimum atomic E-state index is 0.299. The molecule has 0 fully saturated rings. The molecule has 1 unspecified atom stereocenters. The van der Waals surface area contributed by atoms with Crippen molar-refractivity contribution < 1.29 is 0 Å². The molecule has 0 spiro atoms. The van der Waals surface area contributed by atoms with E-state index < -0.39 is 0 Å². The SMILES string of the molecule is CCc1cc(C(Cc2c(C)cccc2C)NC)n(C)n1. The van der Waals surface area contributed by atoms with Crippen LogP contribution in [0.1, 0.15) is 41.0 Å². The van der Waals surface area contributed by atoms with Crippen molar-refractivity contribution in [3.63, 3.8) is 0 Å². The van der Waals surface area contributed by atoms with Gasteiger partial charge in [-0.2, -0.15) is 5.10 Å². The third-order valence-corrected chi connectivity index (χ3v) is 4.09. The molecule has 1 aromatic carbocycles. The molecule has 0 amide bonds. The smallest absolute Gasteiger partial charge is 0.0625 e. The molecule has 1 atom stereocenters. The van der Waals surface area contributed by atoms with Gasteiger partial charge < -0.3 is 5.32 Å². The fourth-order valence-corrected chi connectivity index (χ4v) is 2.77. The molecule has 1 heterocycles. The Bertz CT molecular complexity index is 564. The van der Waals surface area contributed by atoms with Gasteiger partial charge in [0.15, 0.2) is 0 Å². The number of rotatable bonds is 5. The summed E-state index contributed by atoms with van der Waals surface area (Å²) in [4.78, 5) is 0. The van der Waals surface area contributed by atoms with E-state index in [0.717, 1.165) is 18.5 Å². The summed E-state index contributed by atoms with van der Waals surface area (Å²) in [6.07, 6.45) is 1.98. The van der Waals surface area contributed by atoms with Crippen LogP contribution in [0.5, 0.6) is 0 Å². The van der Waals surface area contributed by atoms with Crippen molar-refractivity contribution in [2.24, 2.45) is 7.05 Å². The average Bonchev–Trinajstić information content (AvgIpc) is 2.80. The highest BCUT2D eigenvalue weighted by atomic mass is 15.3. The topological polar surface area (TPSA) is 29.9 Å². The number of likely N-dealkylation sites (N-methyl/N-ethyl adjacent to an activating group) is 1. The maximum atomic E-state index is 4.56. The van der Waals surface area contributed by atoms with Crippen molar-refractivity contribution in [2.75, 3.05) is 7.05 Å². The third kappa shape index (κ3) is 2.93. The normalized spacial score (nSPS) is 12.7. The van der Waals surface area contributed by atoms with E-state index in [0.29, 0.717) is 6.04 Å². The lowest BCUT2D eigenvalue weighted by Gasteiger charge is -2.19. The summed E-state index contributed by atoms with van der Waals surface area (Å²) in [5, 5.41) is 8.00. The van der Waals surface area contributed by atoms with Crippen LogP contribution in [0.4, 0.5) is 0 Å². The molecule has 3 heteroatoms. The number of hydrogen-bond acceptors (Lipinski definition) is 2. The second-order valence-corrected chi connectivity index (χ2v) is 5.45. The predicted molar refractivity (Wildman–Crippen MR) is 84.0 cm³/mol. The average molecular weight is 271 g/mol. The number of aryl methyl sites for hydroxylation is 4. The summed E-state index contributed by atoms with van der Waals surface area (Å²) in [7, 11) is 4.06. The lowest BCUT2D eigenvalue weighted by Crippen LogP contribution is -2.22. The third-order valence-electron chi connectivity index (χ3n) is 4.09. The van der Waals surface area contributed by atoms with E-state index in [-0.39, 0.29) is 0 Å². The van der Waals surface area contributed by atoms with Crippen LogP contribution in [0.15, 0.2) is 24.3 Å². The number of aromatic nitrogens is 2. The Balaban J connectivity index is 2.31. The largest absolute Gasteiger partial charge is 0.311 e. The van der Waals surface area contributed by atoms with Crippen molar-refractivity contribution in [2.45, 2.75) is 39.7 Å². The van der Waals surface area contributed by atoms with Gasteiger partial charge in [0, 0.05) is 7.05 Å². The summed E-state index contributed by atoms with van der Waals surface area (Å²) in [5.41, 5.74) is 6.58. The van der Waals surface area contributed by atoms with Crippen molar-refractivity contribution in [1.82, 2.24) is 15.1 Å². The van der Waals surface area contributed by atoms with Gasteiger partial charge in [0.1, 0.15) is 0 Å². The van der Waals surface area contributed by atoms with E-state index >= 15 is 0 Å².